The number of benzene rings is 2. The fourth-order valence-corrected chi connectivity index (χ4v) is 4.19. The number of hydrogen-bond donors (Lipinski definition) is 1. The van der Waals surface area contributed by atoms with Crippen molar-refractivity contribution in [1.82, 2.24) is 9.78 Å². The fourth-order valence-electron chi connectivity index (χ4n) is 4.07. The average Bonchev–Trinajstić information content (AvgIpc) is 2.90. The molecule has 0 aliphatic carbocycles. The Labute approximate surface area is 180 Å². The third-order valence-corrected chi connectivity index (χ3v) is 5.90. The number of likely N-dealkylation sites (tertiary alicyclic amines) is 1. The van der Waals surface area contributed by atoms with E-state index < -0.39 is 5.82 Å². The summed E-state index contributed by atoms with van der Waals surface area (Å²) >= 11 is 5.99. The van der Waals surface area contributed by atoms with Crippen molar-refractivity contribution in [2.45, 2.75) is 31.7 Å². The van der Waals surface area contributed by atoms with Gasteiger partial charge in [0.15, 0.2) is 0 Å². The predicted octanol–water partition coefficient (Wildman–Crippen LogP) is 0.0235. The van der Waals surface area contributed by atoms with Gasteiger partial charge in [-0.25, -0.2) is 9.07 Å². The average molecular weight is 436 g/mol. The summed E-state index contributed by atoms with van der Waals surface area (Å²) in [5.41, 5.74) is 1.43. The van der Waals surface area contributed by atoms with Crippen LogP contribution in [0.1, 0.15) is 36.6 Å². The third kappa shape index (κ3) is 4.63. The first-order valence-electron chi connectivity index (χ1n) is 9.78. The summed E-state index contributed by atoms with van der Waals surface area (Å²) < 4.78 is 16.2. The Morgan fingerprint density at radius 1 is 1.17 bits per heavy atom. The Morgan fingerprint density at radius 2 is 1.93 bits per heavy atom. The number of hydrogen-bond acceptors (Lipinski definition) is 2. The summed E-state index contributed by atoms with van der Waals surface area (Å²) in [6, 6.07) is 12.3. The van der Waals surface area contributed by atoms with Crippen molar-refractivity contribution in [1.29, 1.82) is 0 Å². The lowest BCUT2D eigenvalue weighted by atomic mass is 10.0. The van der Waals surface area contributed by atoms with Crippen molar-refractivity contribution in [2.24, 2.45) is 0 Å². The number of fused-ring (bicyclic) bond motifs is 1. The summed E-state index contributed by atoms with van der Waals surface area (Å²) in [7, 11) is 2.17. The number of halogens is 3. The van der Waals surface area contributed by atoms with E-state index in [1.807, 2.05) is 24.3 Å². The lowest BCUT2D eigenvalue weighted by Crippen LogP contribution is -3.08. The van der Waals surface area contributed by atoms with Crippen molar-refractivity contribution >= 4 is 22.4 Å². The molecule has 1 aromatic heterocycles. The second-order valence-electron chi connectivity index (χ2n) is 7.70. The van der Waals surface area contributed by atoms with Crippen LogP contribution in [0.2, 0.25) is 5.02 Å². The Balaban J connectivity index is 0.00000240. The highest BCUT2D eigenvalue weighted by atomic mass is 35.5. The number of nitrogens with zero attached hydrogens (tertiary/aromatic N) is 2. The molecule has 1 aliphatic heterocycles. The molecule has 1 fully saturated rings. The van der Waals surface area contributed by atoms with Crippen LogP contribution in [0.4, 0.5) is 4.39 Å². The van der Waals surface area contributed by atoms with Crippen molar-refractivity contribution < 1.29 is 21.7 Å². The number of nitrogens with one attached hydrogen (secondary N) is 1. The molecule has 0 amide bonds. The summed E-state index contributed by atoms with van der Waals surface area (Å²) in [5, 5.41) is 6.15. The second-order valence-corrected chi connectivity index (χ2v) is 8.14. The Hall–Kier alpha value is -1.95. The van der Waals surface area contributed by atoms with E-state index in [0.29, 0.717) is 16.8 Å². The minimum atomic E-state index is -0.479. The predicted molar refractivity (Wildman–Crippen MR) is 110 cm³/mol. The monoisotopic (exact) mass is 435 g/mol. The van der Waals surface area contributed by atoms with E-state index in [4.69, 9.17) is 16.7 Å². The van der Waals surface area contributed by atoms with Crippen LogP contribution >= 0.6 is 11.6 Å². The molecule has 0 saturated carbocycles. The molecule has 2 unspecified atom stereocenters. The van der Waals surface area contributed by atoms with Crippen LogP contribution in [-0.4, -0.2) is 29.9 Å². The Kier molecular flexibility index (Phi) is 6.93. The summed E-state index contributed by atoms with van der Waals surface area (Å²) in [6.07, 6.45) is 3.32. The minimum absolute atomic E-state index is 0. The van der Waals surface area contributed by atoms with Gasteiger partial charge in [-0.15, -0.1) is 0 Å². The van der Waals surface area contributed by atoms with Gasteiger partial charge >= 0.3 is 0 Å². The molecule has 2 aromatic carbocycles. The van der Waals surface area contributed by atoms with E-state index in [1.54, 1.807) is 16.8 Å². The highest BCUT2D eigenvalue weighted by Gasteiger charge is 2.23. The molecule has 0 radical (unpaired) electrons. The van der Waals surface area contributed by atoms with Crippen LogP contribution in [0, 0.1) is 5.82 Å². The summed E-state index contributed by atoms with van der Waals surface area (Å²) in [4.78, 5) is 14.6. The zero-order valence-electron chi connectivity index (χ0n) is 16.3. The number of rotatable bonds is 3. The molecule has 4 nitrogen and oxygen atoms in total. The number of aromatic nitrogens is 2. The highest BCUT2D eigenvalue weighted by Crippen LogP contribution is 2.23. The van der Waals surface area contributed by atoms with E-state index in [2.05, 4.69) is 7.05 Å². The molecule has 7 heteroatoms. The first-order valence-corrected chi connectivity index (χ1v) is 10.2. The van der Waals surface area contributed by atoms with Gasteiger partial charge in [0, 0.05) is 23.3 Å². The summed E-state index contributed by atoms with van der Waals surface area (Å²) in [6.45, 7) is 2.07. The van der Waals surface area contributed by atoms with E-state index in [-0.39, 0.29) is 29.4 Å². The minimum Gasteiger partial charge on any atom is -1.00 e. The Morgan fingerprint density at radius 3 is 2.69 bits per heavy atom. The van der Waals surface area contributed by atoms with Gasteiger partial charge in [-0.1, -0.05) is 35.9 Å². The lowest BCUT2D eigenvalue weighted by molar-refractivity contribution is -0.878. The molecule has 1 N–H and O–H groups in total. The molecular weight excluding hydrogens is 412 g/mol. The fraction of sp³-hybridized carbons (Fsp3) is 0.364. The van der Waals surface area contributed by atoms with Crippen LogP contribution in [0.15, 0.2) is 47.3 Å². The van der Waals surface area contributed by atoms with Gasteiger partial charge in [0.05, 0.1) is 37.3 Å². The van der Waals surface area contributed by atoms with Crippen molar-refractivity contribution in [2.75, 3.05) is 20.1 Å². The van der Waals surface area contributed by atoms with Gasteiger partial charge in [0.2, 0.25) is 0 Å². The smallest absolute Gasteiger partial charge is 0.277 e. The maximum absolute atomic E-state index is 14.6. The van der Waals surface area contributed by atoms with Crippen LogP contribution in [0.3, 0.4) is 0 Å². The van der Waals surface area contributed by atoms with Gasteiger partial charge in [-0.3, -0.25) is 4.79 Å². The van der Waals surface area contributed by atoms with E-state index in [1.165, 1.54) is 11.0 Å². The number of quaternary nitrogens is 1. The normalized spacial score (nSPS) is 19.6. The van der Waals surface area contributed by atoms with Gasteiger partial charge in [0.1, 0.15) is 5.82 Å². The molecule has 1 saturated heterocycles. The molecule has 3 aromatic rings. The highest BCUT2D eigenvalue weighted by molar-refractivity contribution is 6.30. The van der Waals surface area contributed by atoms with Gasteiger partial charge < -0.3 is 17.3 Å². The molecule has 29 heavy (non-hydrogen) atoms. The topological polar surface area (TPSA) is 39.3 Å². The van der Waals surface area contributed by atoms with Gasteiger partial charge in [-0.05, 0) is 36.6 Å². The van der Waals surface area contributed by atoms with Crippen molar-refractivity contribution in [3.63, 3.8) is 0 Å². The second kappa shape index (κ2) is 9.24. The molecular formula is C22H24Cl2FN3O. The largest absolute Gasteiger partial charge is 1.00 e. The first kappa shape index (κ1) is 21.8. The summed E-state index contributed by atoms with van der Waals surface area (Å²) in [5.74, 6) is -0.479. The van der Waals surface area contributed by atoms with E-state index in [0.717, 1.165) is 43.6 Å². The molecule has 2 heterocycles. The SMILES string of the molecule is C[NH+]1CCCC(n2nc(Cc3ccc(Cl)cc3)c3cccc(F)c3c2=O)CC1.[Cl-]. The van der Waals surface area contributed by atoms with Gasteiger partial charge in [-0.2, -0.15) is 5.10 Å². The molecule has 0 spiro atoms. The van der Waals surface area contributed by atoms with Crippen LogP contribution in [-0.2, 0) is 6.42 Å². The Bertz CT molecular complexity index is 1050. The molecule has 2 atom stereocenters. The molecule has 4 rings (SSSR count). The van der Waals surface area contributed by atoms with Gasteiger partial charge in [0.25, 0.3) is 5.56 Å². The maximum Gasteiger partial charge on any atom is 0.277 e. The zero-order chi connectivity index (χ0) is 19.7. The zero-order valence-corrected chi connectivity index (χ0v) is 17.8. The van der Waals surface area contributed by atoms with Crippen LogP contribution in [0.25, 0.3) is 10.8 Å². The molecule has 1 aliphatic rings. The lowest BCUT2D eigenvalue weighted by Gasteiger charge is -2.18. The van der Waals surface area contributed by atoms with Crippen LogP contribution < -0.4 is 22.9 Å². The third-order valence-electron chi connectivity index (χ3n) is 5.65. The quantitative estimate of drug-likeness (QED) is 0.629. The molecule has 154 valence electrons. The van der Waals surface area contributed by atoms with E-state index >= 15 is 0 Å². The molecule has 0 bridgehead atoms. The maximum atomic E-state index is 14.6. The standard InChI is InChI=1S/C22H23ClFN3O.ClH/c1-26-12-3-4-17(11-13-26)27-22(28)21-18(5-2-6-19(21)24)20(25-27)14-15-7-9-16(23)10-8-15;/h2,5-10,17H,3-4,11-14H2,1H3;1H. The van der Waals surface area contributed by atoms with E-state index in [9.17, 15) is 9.18 Å². The van der Waals surface area contributed by atoms with Crippen molar-refractivity contribution in [3.8, 4) is 0 Å². The van der Waals surface area contributed by atoms with Crippen molar-refractivity contribution in [3.05, 3.63) is 74.9 Å². The first-order chi connectivity index (χ1) is 13.5. The van der Waals surface area contributed by atoms with Crippen LogP contribution in [0.5, 0.6) is 0 Å².